The molecule has 0 bridgehead atoms. The van der Waals surface area contributed by atoms with Crippen molar-refractivity contribution in [1.82, 2.24) is 0 Å². The Kier molecular flexibility index (Phi) is 1.81. The molecule has 1 radical (unpaired) electrons. The monoisotopic (exact) mass is 151 g/mol. The summed E-state index contributed by atoms with van der Waals surface area (Å²) in [6.45, 7) is 1.74. The number of aromatic carboxylic acids is 1. The number of carboxylic acids is 1. The Balaban J connectivity index is 3.23. The Hall–Kier alpha value is -1.51. The van der Waals surface area contributed by atoms with Crippen molar-refractivity contribution in [2.75, 3.05) is 0 Å². The Labute approximate surface area is 63.9 Å². The molecule has 0 heterocycles. The zero-order valence-corrected chi connectivity index (χ0v) is 6.00. The van der Waals surface area contributed by atoms with Gasteiger partial charge in [-0.15, -0.1) is 0 Å². The quantitative estimate of drug-likeness (QED) is 0.665. The van der Waals surface area contributed by atoms with Gasteiger partial charge in [-0.05, 0) is 24.6 Å². The highest BCUT2D eigenvalue weighted by atomic mass is 16.4. The smallest absolute Gasteiger partial charge is 0.339 e. The summed E-state index contributed by atoms with van der Waals surface area (Å²) >= 11 is 0. The van der Waals surface area contributed by atoms with E-state index in [9.17, 15) is 9.90 Å². The van der Waals surface area contributed by atoms with Crippen LogP contribution in [0.25, 0.3) is 0 Å². The van der Waals surface area contributed by atoms with Crippen molar-refractivity contribution in [2.45, 2.75) is 6.92 Å². The van der Waals surface area contributed by atoms with Crippen molar-refractivity contribution in [1.29, 1.82) is 0 Å². The van der Waals surface area contributed by atoms with Gasteiger partial charge in [0, 0.05) is 0 Å². The van der Waals surface area contributed by atoms with E-state index in [1.165, 1.54) is 12.1 Å². The first kappa shape index (κ1) is 7.60. The highest BCUT2D eigenvalue weighted by Crippen LogP contribution is 2.18. The lowest BCUT2D eigenvalue weighted by Gasteiger charge is -1.96. The summed E-state index contributed by atoms with van der Waals surface area (Å²) in [6.07, 6.45) is 0. The van der Waals surface area contributed by atoms with Gasteiger partial charge in [0.05, 0.1) is 0 Å². The Bertz CT molecular complexity index is 291. The molecule has 3 nitrogen and oxygen atoms in total. The third-order valence-electron chi connectivity index (χ3n) is 1.37. The average Bonchev–Trinajstić information content (AvgIpc) is 1.94. The van der Waals surface area contributed by atoms with Crippen LogP contribution in [0.4, 0.5) is 0 Å². The lowest BCUT2D eigenvalue weighted by atomic mass is 10.1. The van der Waals surface area contributed by atoms with E-state index in [1.54, 1.807) is 13.0 Å². The van der Waals surface area contributed by atoms with Gasteiger partial charge < -0.3 is 5.11 Å². The number of carbonyl (C=O) groups is 1. The maximum absolute atomic E-state index is 10.8. The fourth-order valence-corrected chi connectivity index (χ4v) is 0.811. The minimum Gasteiger partial charge on any atom is -0.478 e. The molecule has 57 valence electrons. The van der Waals surface area contributed by atoms with E-state index < -0.39 is 11.7 Å². The molecule has 3 heteroatoms. The topological polar surface area (TPSA) is 57.2 Å². The fourth-order valence-electron chi connectivity index (χ4n) is 0.811. The van der Waals surface area contributed by atoms with Crippen molar-refractivity contribution in [3.63, 3.8) is 0 Å². The lowest BCUT2D eigenvalue weighted by Crippen LogP contribution is -1.96. The lowest BCUT2D eigenvalue weighted by molar-refractivity contribution is 0.0691. The predicted molar refractivity (Wildman–Crippen MR) is 38.3 cm³/mol. The zero-order chi connectivity index (χ0) is 8.43. The number of hydrogen-bond acceptors (Lipinski definition) is 1. The fraction of sp³-hybridized carbons (Fsp3) is 0.125. The maximum Gasteiger partial charge on any atom is 0.339 e. The van der Waals surface area contributed by atoms with E-state index in [4.69, 9.17) is 5.11 Å². The first-order valence-corrected chi connectivity index (χ1v) is 3.12. The van der Waals surface area contributed by atoms with Gasteiger partial charge in [-0.25, -0.2) is 4.79 Å². The summed E-state index contributed by atoms with van der Waals surface area (Å²) in [5.74, 6) is -1.61. The Morgan fingerprint density at radius 1 is 1.45 bits per heavy atom. The van der Waals surface area contributed by atoms with Crippen LogP contribution in [-0.4, -0.2) is 11.1 Å². The van der Waals surface area contributed by atoms with Gasteiger partial charge in [-0.3, -0.25) is 5.11 Å². The van der Waals surface area contributed by atoms with Crippen LogP contribution in [-0.2, 0) is 5.11 Å². The molecule has 1 rings (SSSR count). The van der Waals surface area contributed by atoms with Crippen LogP contribution in [0.2, 0.25) is 0 Å². The molecule has 1 aromatic carbocycles. The van der Waals surface area contributed by atoms with E-state index in [-0.39, 0.29) is 5.56 Å². The van der Waals surface area contributed by atoms with Crippen LogP contribution < -0.4 is 0 Å². The van der Waals surface area contributed by atoms with E-state index in [0.717, 1.165) is 5.56 Å². The van der Waals surface area contributed by atoms with Crippen molar-refractivity contribution < 1.29 is 15.0 Å². The number of rotatable bonds is 1. The molecule has 1 N–H and O–H groups in total. The zero-order valence-electron chi connectivity index (χ0n) is 6.00. The molecule has 0 aliphatic rings. The second kappa shape index (κ2) is 2.62. The molecule has 11 heavy (non-hydrogen) atoms. The van der Waals surface area contributed by atoms with E-state index in [2.05, 4.69) is 0 Å². The minimum absolute atomic E-state index is 0.162. The Morgan fingerprint density at radius 2 is 2.09 bits per heavy atom. The van der Waals surface area contributed by atoms with Gasteiger partial charge in [0.1, 0.15) is 5.56 Å². The van der Waals surface area contributed by atoms with E-state index in [0.29, 0.717) is 0 Å². The normalized spacial score (nSPS) is 9.55. The molecule has 0 aromatic heterocycles. The van der Waals surface area contributed by atoms with Gasteiger partial charge in [-0.2, -0.15) is 0 Å². The molecule has 0 spiro atoms. The molecular weight excluding hydrogens is 144 g/mol. The predicted octanol–water partition coefficient (Wildman–Crippen LogP) is 1.84. The summed E-state index contributed by atoms with van der Waals surface area (Å²) < 4.78 is 0. The average molecular weight is 151 g/mol. The second-order valence-electron chi connectivity index (χ2n) is 2.30. The van der Waals surface area contributed by atoms with Gasteiger partial charge >= 0.3 is 5.97 Å². The largest absolute Gasteiger partial charge is 0.478 e. The number of hydrogen-bond donors (Lipinski definition) is 1. The summed E-state index contributed by atoms with van der Waals surface area (Å²) in [5.41, 5.74) is 0.618. The SMILES string of the molecule is Cc1ccc([O])c(C(=O)O)c1. The van der Waals surface area contributed by atoms with Crippen LogP contribution in [0.15, 0.2) is 18.2 Å². The van der Waals surface area contributed by atoms with Crippen LogP contribution in [0.5, 0.6) is 5.75 Å². The third kappa shape index (κ3) is 1.49. The van der Waals surface area contributed by atoms with Crippen molar-refractivity contribution in [3.8, 4) is 5.75 Å². The molecule has 0 atom stereocenters. The van der Waals surface area contributed by atoms with Gasteiger partial charge in [0.25, 0.3) is 0 Å². The molecule has 0 aliphatic heterocycles. The molecule has 1 aromatic rings. The van der Waals surface area contributed by atoms with E-state index in [1.807, 2.05) is 0 Å². The van der Waals surface area contributed by atoms with Gasteiger partial charge in [0.2, 0.25) is 0 Å². The van der Waals surface area contributed by atoms with Gasteiger partial charge in [-0.1, -0.05) is 6.07 Å². The maximum atomic E-state index is 10.8. The molecule has 0 amide bonds. The molecule has 0 saturated heterocycles. The minimum atomic E-state index is -1.17. The number of benzene rings is 1. The van der Waals surface area contributed by atoms with Crippen LogP contribution in [0.1, 0.15) is 15.9 Å². The van der Waals surface area contributed by atoms with Crippen LogP contribution in [0.3, 0.4) is 0 Å². The molecular formula is C8H7O3. The number of carboxylic acid groups (broad SMARTS) is 1. The standard InChI is InChI=1S/C8H7O3/c1-5-2-3-7(9)6(4-5)8(10)11/h2-4H,1H3,(H,10,11). The molecule has 0 fully saturated rings. The number of aryl methyl sites for hydroxylation is 1. The summed E-state index contributed by atoms with van der Waals surface area (Å²) in [4.78, 5) is 10.4. The van der Waals surface area contributed by atoms with Crippen molar-refractivity contribution in [2.24, 2.45) is 0 Å². The molecule has 0 aliphatic carbocycles. The summed E-state index contributed by atoms with van der Waals surface area (Å²) in [5, 5.41) is 19.3. The Morgan fingerprint density at radius 3 is 2.55 bits per heavy atom. The van der Waals surface area contributed by atoms with Crippen LogP contribution in [0, 0.1) is 6.92 Å². The van der Waals surface area contributed by atoms with Crippen LogP contribution >= 0.6 is 0 Å². The first-order valence-electron chi connectivity index (χ1n) is 3.12. The molecule has 0 unspecified atom stereocenters. The first-order chi connectivity index (χ1) is 5.11. The summed E-state index contributed by atoms with van der Waals surface area (Å²) in [6, 6.07) is 4.22. The van der Waals surface area contributed by atoms with Gasteiger partial charge in [0.15, 0.2) is 5.75 Å². The second-order valence-corrected chi connectivity index (χ2v) is 2.30. The van der Waals surface area contributed by atoms with Crippen molar-refractivity contribution >= 4 is 5.97 Å². The highest BCUT2D eigenvalue weighted by molar-refractivity contribution is 5.90. The molecule has 0 saturated carbocycles. The highest BCUT2D eigenvalue weighted by Gasteiger charge is 2.09. The van der Waals surface area contributed by atoms with Crippen molar-refractivity contribution in [3.05, 3.63) is 29.3 Å². The van der Waals surface area contributed by atoms with E-state index >= 15 is 0 Å². The third-order valence-corrected chi connectivity index (χ3v) is 1.37. The summed E-state index contributed by atoms with van der Waals surface area (Å²) in [7, 11) is 0.